The Morgan fingerprint density at radius 1 is 1.44 bits per heavy atom. The largest absolute Gasteiger partial charge is 0.490 e. The van der Waals surface area contributed by atoms with Gasteiger partial charge in [-0.15, -0.1) is 0 Å². The van der Waals surface area contributed by atoms with Crippen LogP contribution in [0, 0.1) is 5.92 Å². The molecule has 1 aliphatic rings. The Hall–Kier alpha value is -1.71. The molecule has 4 heteroatoms. The Bertz CT molecular complexity index is 483. The van der Waals surface area contributed by atoms with Gasteiger partial charge in [0.1, 0.15) is 5.75 Å². The van der Waals surface area contributed by atoms with Crippen LogP contribution in [-0.2, 0) is 4.79 Å². The number of anilines is 2. The van der Waals surface area contributed by atoms with E-state index in [4.69, 9.17) is 10.5 Å². The fourth-order valence-electron chi connectivity index (χ4n) is 2.22. The first-order chi connectivity index (χ1) is 8.41. The molecule has 18 heavy (non-hydrogen) atoms. The van der Waals surface area contributed by atoms with Gasteiger partial charge in [0.25, 0.3) is 0 Å². The van der Waals surface area contributed by atoms with E-state index in [0.29, 0.717) is 18.2 Å². The zero-order chi connectivity index (χ0) is 13.4. The molecule has 2 N–H and O–H groups in total. The maximum Gasteiger partial charge on any atom is 0.233 e. The Morgan fingerprint density at radius 3 is 2.72 bits per heavy atom. The lowest BCUT2D eigenvalue weighted by Crippen LogP contribution is -2.31. The van der Waals surface area contributed by atoms with Gasteiger partial charge in [-0.3, -0.25) is 4.79 Å². The molecule has 0 bridgehead atoms. The van der Waals surface area contributed by atoms with Crippen molar-refractivity contribution in [2.75, 3.05) is 24.3 Å². The third-order valence-electron chi connectivity index (χ3n) is 3.33. The predicted molar refractivity (Wildman–Crippen MR) is 73.0 cm³/mol. The Balaban J connectivity index is 2.60. The Morgan fingerprint density at radius 2 is 2.11 bits per heavy atom. The van der Waals surface area contributed by atoms with Crippen LogP contribution in [0.4, 0.5) is 11.4 Å². The van der Waals surface area contributed by atoms with Gasteiger partial charge in [0.2, 0.25) is 5.91 Å². The molecule has 0 saturated carbocycles. The number of carbonyl (C=O) groups is 1. The smallest absolute Gasteiger partial charge is 0.233 e. The quantitative estimate of drug-likeness (QED) is 0.776. The van der Waals surface area contributed by atoms with Crippen LogP contribution in [0.15, 0.2) is 12.1 Å². The summed E-state index contributed by atoms with van der Waals surface area (Å²) in [6, 6.07) is 3.73. The van der Waals surface area contributed by atoms with Gasteiger partial charge in [-0.1, -0.05) is 20.8 Å². The summed E-state index contributed by atoms with van der Waals surface area (Å²) < 4.78 is 5.83. The van der Waals surface area contributed by atoms with Crippen molar-refractivity contribution in [3.63, 3.8) is 0 Å². The number of hydrogen-bond acceptors (Lipinski definition) is 3. The zero-order valence-corrected chi connectivity index (χ0v) is 11.4. The van der Waals surface area contributed by atoms with E-state index in [0.717, 1.165) is 17.0 Å². The lowest BCUT2D eigenvalue weighted by atomic mass is 10.00. The second-order valence-electron chi connectivity index (χ2n) is 5.22. The van der Waals surface area contributed by atoms with E-state index < -0.39 is 0 Å². The summed E-state index contributed by atoms with van der Waals surface area (Å²) in [6.07, 6.45) is 0. The normalized spacial score (nSPS) is 19.5. The molecule has 0 fully saturated rings. The third-order valence-corrected chi connectivity index (χ3v) is 3.33. The van der Waals surface area contributed by atoms with Gasteiger partial charge >= 0.3 is 0 Å². The van der Waals surface area contributed by atoms with Crippen molar-refractivity contribution in [3.8, 4) is 5.75 Å². The highest BCUT2D eigenvalue weighted by Gasteiger charge is 2.28. The summed E-state index contributed by atoms with van der Waals surface area (Å²) in [5, 5.41) is 0. The van der Waals surface area contributed by atoms with Crippen LogP contribution in [0.1, 0.15) is 32.3 Å². The molecule has 1 atom stereocenters. The van der Waals surface area contributed by atoms with E-state index in [1.54, 1.807) is 18.0 Å². The maximum atomic E-state index is 12.1. The van der Waals surface area contributed by atoms with Crippen molar-refractivity contribution in [3.05, 3.63) is 17.7 Å². The van der Waals surface area contributed by atoms with E-state index >= 15 is 0 Å². The van der Waals surface area contributed by atoms with E-state index in [9.17, 15) is 4.79 Å². The number of ether oxygens (including phenoxy) is 1. The Labute approximate surface area is 108 Å². The maximum absolute atomic E-state index is 12.1. The molecule has 1 unspecified atom stereocenters. The van der Waals surface area contributed by atoms with Crippen molar-refractivity contribution >= 4 is 17.3 Å². The lowest BCUT2D eigenvalue weighted by Gasteiger charge is -2.21. The minimum atomic E-state index is -0.136. The second kappa shape index (κ2) is 4.52. The first kappa shape index (κ1) is 12.7. The number of rotatable bonds is 1. The van der Waals surface area contributed by atoms with Crippen LogP contribution in [0.3, 0.4) is 0 Å². The summed E-state index contributed by atoms with van der Waals surface area (Å²) in [5.74, 6) is 1.02. The van der Waals surface area contributed by atoms with Crippen molar-refractivity contribution in [1.82, 2.24) is 0 Å². The van der Waals surface area contributed by atoms with Crippen LogP contribution in [-0.4, -0.2) is 19.6 Å². The van der Waals surface area contributed by atoms with Gasteiger partial charge in [0, 0.05) is 18.3 Å². The number of nitrogens with zero attached hydrogens (tertiary/aromatic N) is 1. The molecule has 0 aliphatic carbocycles. The molecule has 0 saturated heterocycles. The highest BCUT2D eigenvalue weighted by molar-refractivity contribution is 5.97. The summed E-state index contributed by atoms with van der Waals surface area (Å²) in [6.45, 7) is 6.48. The molecule has 1 aliphatic heterocycles. The molecule has 0 aromatic heterocycles. The molecule has 1 aromatic carbocycles. The highest BCUT2D eigenvalue weighted by Crippen LogP contribution is 2.40. The van der Waals surface area contributed by atoms with E-state index in [-0.39, 0.29) is 11.8 Å². The van der Waals surface area contributed by atoms with Crippen LogP contribution in [0.25, 0.3) is 0 Å². The van der Waals surface area contributed by atoms with Gasteiger partial charge in [0.15, 0.2) is 0 Å². The molecular weight excluding hydrogens is 228 g/mol. The van der Waals surface area contributed by atoms with Crippen molar-refractivity contribution < 1.29 is 9.53 Å². The van der Waals surface area contributed by atoms with E-state index in [1.807, 2.05) is 13.0 Å². The monoisotopic (exact) mass is 248 g/mol. The van der Waals surface area contributed by atoms with Crippen LogP contribution >= 0.6 is 0 Å². The van der Waals surface area contributed by atoms with Crippen molar-refractivity contribution in [1.29, 1.82) is 0 Å². The summed E-state index contributed by atoms with van der Waals surface area (Å²) in [4.78, 5) is 13.8. The number of fused-ring (bicyclic) bond motifs is 1. The number of hydrogen-bond donors (Lipinski definition) is 1. The van der Waals surface area contributed by atoms with Gasteiger partial charge < -0.3 is 15.4 Å². The van der Waals surface area contributed by atoms with E-state index in [2.05, 4.69) is 13.8 Å². The molecule has 4 nitrogen and oxygen atoms in total. The minimum absolute atomic E-state index is 0.0639. The average Bonchev–Trinajstić information content (AvgIpc) is 2.42. The summed E-state index contributed by atoms with van der Waals surface area (Å²) in [5.41, 5.74) is 8.41. The zero-order valence-electron chi connectivity index (χ0n) is 11.4. The Kier molecular flexibility index (Phi) is 3.20. The standard InChI is InChI=1S/C14H20N2O2/c1-8(2)11-5-10(15)6-12-13(11)18-7-9(3)14(17)16(12)4/h5-6,8-9H,7,15H2,1-4H3. The predicted octanol–water partition coefficient (Wildman–Crippen LogP) is 2.38. The highest BCUT2D eigenvalue weighted by atomic mass is 16.5. The minimum Gasteiger partial charge on any atom is -0.490 e. The number of carbonyl (C=O) groups excluding carboxylic acids is 1. The molecule has 1 aromatic rings. The molecule has 2 rings (SSSR count). The number of nitrogens with two attached hydrogens (primary N) is 1. The fraction of sp³-hybridized carbons (Fsp3) is 0.500. The number of benzene rings is 1. The fourth-order valence-corrected chi connectivity index (χ4v) is 2.22. The average molecular weight is 248 g/mol. The molecule has 0 radical (unpaired) electrons. The molecular formula is C14H20N2O2. The van der Waals surface area contributed by atoms with Gasteiger partial charge in [0.05, 0.1) is 18.2 Å². The second-order valence-corrected chi connectivity index (χ2v) is 5.22. The van der Waals surface area contributed by atoms with Crippen molar-refractivity contribution in [2.45, 2.75) is 26.7 Å². The van der Waals surface area contributed by atoms with Gasteiger partial charge in [-0.2, -0.15) is 0 Å². The van der Waals surface area contributed by atoms with Crippen LogP contribution < -0.4 is 15.4 Å². The molecule has 0 spiro atoms. The van der Waals surface area contributed by atoms with Crippen molar-refractivity contribution in [2.24, 2.45) is 5.92 Å². The van der Waals surface area contributed by atoms with E-state index in [1.165, 1.54) is 0 Å². The lowest BCUT2D eigenvalue weighted by molar-refractivity contribution is -0.122. The molecule has 1 amide bonds. The van der Waals surface area contributed by atoms with Gasteiger partial charge in [-0.05, 0) is 18.1 Å². The number of amides is 1. The van der Waals surface area contributed by atoms with Crippen LogP contribution in [0.5, 0.6) is 5.75 Å². The summed E-state index contributed by atoms with van der Waals surface area (Å²) in [7, 11) is 1.77. The number of nitrogen functional groups attached to an aromatic ring is 1. The summed E-state index contributed by atoms with van der Waals surface area (Å²) >= 11 is 0. The first-order valence-corrected chi connectivity index (χ1v) is 6.25. The SMILES string of the molecule is CC1COc2c(C(C)C)cc(N)cc2N(C)C1=O. The molecule has 1 heterocycles. The van der Waals surface area contributed by atoms with Gasteiger partial charge in [-0.25, -0.2) is 0 Å². The first-order valence-electron chi connectivity index (χ1n) is 6.25. The topological polar surface area (TPSA) is 55.6 Å². The third kappa shape index (κ3) is 2.03. The molecule has 98 valence electrons. The van der Waals surface area contributed by atoms with Crippen LogP contribution in [0.2, 0.25) is 0 Å².